The van der Waals surface area contributed by atoms with Crippen molar-refractivity contribution in [3.05, 3.63) is 194 Å². The van der Waals surface area contributed by atoms with E-state index in [9.17, 15) is 0 Å². The fourth-order valence-corrected chi connectivity index (χ4v) is 9.06. The number of aromatic nitrogens is 2. The molecule has 256 valence electrons. The van der Waals surface area contributed by atoms with Crippen LogP contribution in [0.25, 0.3) is 99.1 Å². The Morgan fingerprint density at radius 3 is 1.56 bits per heavy atom. The van der Waals surface area contributed by atoms with Crippen molar-refractivity contribution in [1.29, 1.82) is 0 Å². The van der Waals surface area contributed by atoms with Crippen molar-refractivity contribution in [2.45, 2.75) is 0 Å². The minimum Gasteiger partial charge on any atom is -0.456 e. The highest BCUT2D eigenvalue weighted by Gasteiger charge is 2.26. The first-order valence-corrected chi connectivity index (χ1v) is 18.8. The van der Waals surface area contributed by atoms with Gasteiger partial charge in [0.25, 0.3) is 0 Å². The molecule has 2 aromatic heterocycles. The van der Waals surface area contributed by atoms with E-state index in [1.807, 2.05) is 0 Å². The summed E-state index contributed by atoms with van der Waals surface area (Å²) in [7, 11) is 0. The van der Waals surface area contributed by atoms with Crippen LogP contribution in [0.2, 0.25) is 0 Å². The van der Waals surface area contributed by atoms with Gasteiger partial charge in [-0.05, 0) is 87.8 Å². The number of hydrogen-bond donors (Lipinski definition) is 0. The normalized spacial score (nSPS) is 12.1. The first-order valence-electron chi connectivity index (χ1n) is 18.8. The third-order valence-corrected chi connectivity index (χ3v) is 11.5. The van der Waals surface area contributed by atoms with Crippen molar-refractivity contribution in [2.24, 2.45) is 0 Å². The minimum atomic E-state index is 0.857. The molecule has 0 saturated carbocycles. The largest absolute Gasteiger partial charge is 0.456 e. The Morgan fingerprint density at radius 1 is 0.291 bits per heavy atom. The summed E-state index contributed by atoms with van der Waals surface area (Å²) in [6, 6.07) is 70.0. The third kappa shape index (κ3) is 4.44. The molecule has 0 amide bonds. The lowest BCUT2D eigenvalue weighted by Gasteiger charge is -2.23. The van der Waals surface area contributed by atoms with Crippen LogP contribution < -0.4 is 4.74 Å². The summed E-state index contributed by atoms with van der Waals surface area (Å²) in [6.07, 6.45) is 0. The van der Waals surface area contributed by atoms with Gasteiger partial charge in [-0.2, -0.15) is 0 Å². The Bertz CT molecular complexity index is 3220. The standard InChI is InChI=1S/C52H32N2O/c1-4-13-33(14-5-1)35-23-27-46-43(29-35)44-30-36(34-15-6-2-7-16-34)24-28-47(44)54(46)38-25-26-39-40-20-12-21-42-51-41-19-10-11-22-45(41)53(37-17-8-3-9-18-37)48(51)32-50(52(40)42)55-49(39)31-38/h1-32H. The van der Waals surface area contributed by atoms with Crippen LogP contribution in [0, 0.1) is 0 Å². The number of fused-ring (bicyclic) bond motifs is 9. The molecule has 1 aliphatic heterocycles. The summed E-state index contributed by atoms with van der Waals surface area (Å²) < 4.78 is 11.8. The van der Waals surface area contributed by atoms with E-state index < -0.39 is 0 Å². The second-order valence-corrected chi connectivity index (χ2v) is 14.5. The molecule has 0 bridgehead atoms. The van der Waals surface area contributed by atoms with Gasteiger partial charge in [-0.25, -0.2) is 0 Å². The summed E-state index contributed by atoms with van der Waals surface area (Å²) in [5.74, 6) is 1.74. The zero-order valence-electron chi connectivity index (χ0n) is 29.8. The van der Waals surface area contributed by atoms with Crippen molar-refractivity contribution < 1.29 is 4.74 Å². The summed E-state index contributed by atoms with van der Waals surface area (Å²) in [5.41, 5.74) is 14.0. The zero-order chi connectivity index (χ0) is 36.0. The van der Waals surface area contributed by atoms with E-state index in [-0.39, 0.29) is 0 Å². The molecule has 11 aromatic rings. The molecule has 3 heterocycles. The second kappa shape index (κ2) is 11.6. The molecule has 55 heavy (non-hydrogen) atoms. The zero-order valence-corrected chi connectivity index (χ0v) is 29.8. The molecule has 9 aromatic carbocycles. The van der Waals surface area contributed by atoms with Gasteiger partial charge >= 0.3 is 0 Å². The first-order chi connectivity index (χ1) is 27.3. The van der Waals surface area contributed by atoms with Gasteiger partial charge < -0.3 is 13.9 Å². The van der Waals surface area contributed by atoms with Gasteiger partial charge in [0.05, 0.1) is 22.1 Å². The maximum Gasteiger partial charge on any atom is 0.138 e. The second-order valence-electron chi connectivity index (χ2n) is 14.5. The lowest BCUT2D eigenvalue weighted by atomic mass is 9.92. The van der Waals surface area contributed by atoms with Gasteiger partial charge in [-0.15, -0.1) is 0 Å². The number of rotatable bonds is 4. The highest BCUT2D eigenvalue weighted by Crippen LogP contribution is 2.51. The Kier molecular flexibility index (Phi) is 6.34. The predicted molar refractivity (Wildman–Crippen MR) is 229 cm³/mol. The fraction of sp³-hybridized carbons (Fsp3) is 0. The molecule has 1 aliphatic rings. The van der Waals surface area contributed by atoms with E-state index >= 15 is 0 Å². The summed E-state index contributed by atoms with van der Waals surface area (Å²) in [6.45, 7) is 0. The molecule has 0 unspecified atom stereocenters. The molecule has 0 fully saturated rings. The van der Waals surface area contributed by atoms with E-state index in [1.54, 1.807) is 0 Å². The monoisotopic (exact) mass is 700 g/mol. The molecular formula is C52H32N2O. The molecule has 0 radical (unpaired) electrons. The molecule has 12 rings (SSSR count). The lowest BCUT2D eigenvalue weighted by molar-refractivity contribution is 0.487. The van der Waals surface area contributed by atoms with Crippen LogP contribution in [0.4, 0.5) is 0 Å². The van der Waals surface area contributed by atoms with Gasteiger partial charge in [-0.3, -0.25) is 0 Å². The fourth-order valence-electron chi connectivity index (χ4n) is 9.06. The van der Waals surface area contributed by atoms with Gasteiger partial charge in [0, 0.05) is 56.0 Å². The molecule has 3 nitrogen and oxygen atoms in total. The van der Waals surface area contributed by atoms with Crippen molar-refractivity contribution >= 4 is 54.4 Å². The van der Waals surface area contributed by atoms with Gasteiger partial charge in [0.15, 0.2) is 0 Å². The van der Waals surface area contributed by atoms with Crippen molar-refractivity contribution in [1.82, 2.24) is 9.13 Å². The topological polar surface area (TPSA) is 19.1 Å². The SMILES string of the molecule is c1ccc(-c2ccc3c(c2)c2cc(-c4ccccc4)ccc2n3-c2ccc3c(c2)Oc2cc4c(c5cccc-3c25)c2ccccc2n4-c2ccccc2)cc1. The van der Waals surface area contributed by atoms with Crippen LogP contribution in [0.1, 0.15) is 0 Å². The Morgan fingerprint density at radius 2 is 0.873 bits per heavy atom. The minimum absolute atomic E-state index is 0.857. The lowest BCUT2D eigenvalue weighted by Crippen LogP contribution is -2.01. The molecule has 0 aliphatic carbocycles. The molecule has 0 spiro atoms. The molecule has 0 N–H and O–H groups in total. The Hall–Kier alpha value is -7.36. The highest BCUT2D eigenvalue weighted by molar-refractivity contribution is 6.25. The summed E-state index contributed by atoms with van der Waals surface area (Å²) >= 11 is 0. The molecular weight excluding hydrogens is 669 g/mol. The van der Waals surface area contributed by atoms with Crippen LogP contribution in [0.15, 0.2) is 194 Å². The number of para-hydroxylation sites is 2. The highest BCUT2D eigenvalue weighted by atomic mass is 16.5. The van der Waals surface area contributed by atoms with Gasteiger partial charge in [-0.1, -0.05) is 127 Å². The van der Waals surface area contributed by atoms with Crippen LogP contribution >= 0.6 is 0 Å². The van der Waals surface area contributed by atoms with Crippen molar-refractivity contribution in [2.75, 3.05) is 0 Å². The number of benzene rings is 9. The van der Waals surface area contributed by atoms with Crippen LogP contribution in [-0.4, -0.2) is 9.13 Å². The number of ether oxygens (including phenoxy) is 1. The number of hydrogen-bond acceptors (Lipinski definition) is 1. The van der Waals surface area contributed by atoms with E-state index in [2.05, 4.69) is 203 Å². The summed E-state index contributed by atoms with van der Waals surface area (Å²) in [4.78, 5) is 0. The maximum atomic E-state index is 7.03. The van der Waals surface area contributed by atoms with Crippen LogP contribution in [0.3, 0.4) is 0 Å². The van der Waals surface area contributed by atoms with E-state index in [1.165, 1.54) is 60.3 Å². The van der Waals surface area contributed by atoms with Crippen LogP contribution in [0.5, 0.6) is 11.5 Å². The quantitative estimate of drug-likeness (QED) is 0.179. The Balaban J connectivity index is 1.08. The van der Waals surface area contributed by atoms with E-state index in [4.69, 9.17) is 4.74 Å². The molecule has 3 heteroatoms. The van der Waals surface area contributed by atoms with Crippen molar-refractivity contribution in [3.8, 4) is 56.3 Å². The van der Waals surface area contributed by atoms with E-state index in [0.29, 0.717) is 0 Å². The first kappa shape index (κ1) is 30.1. The third-order valence-electron chi connectivity index (χ3n) is 11.5. The average molecular weight is 701 g/mol. The summed E-state index contributed by atoms with van der Waals surface area (Å²) in [5, 5.41) is 7.29. The smallest absolute Gasteiger partial charge is 0.138 e. The average Bonchev–Trinajstić information content (AvgIpc) is 3.76. The Labute approximate surface area is 317 Å². The predicted octanol–water partition coefficient (Wildman–Crippen LogP) is 14.1. The number of nitrogens with zero attached hydrogens (tertiary/aromatic N) is 2. The van der Waals surface area contributed by atoms with Crippen LogP contribution in [-0.2, 0) is 0 Å². The van der Waals surface area contributed by atoms with E-state index in [0.717, 1.165) is 50.4 Å². The molecule has 0 saturated heterocycles. The molecule has 0 atom stereocenters. The van der Waals surface area contributed by atoms with Gasteiger partial charge in [0.2, 0.25) is 0 Å². The van der Waals surface area contributed by atoms with Crippen molar-refractivity contribution in [3.63, 3.8) is 0 Å². The maximum absolute atomic E-state index is 7.03. The van der Waals surface area contributed by atoms with Gasteiger partial charge in [0.1, 0.15) is 11.5 Å².